The number of carbonyl (C=O) groups is 1. The van der Waals surface area contributed by atoms with Gasteiger partial charge < -0.3 is 9.32 Å². The molecule has 2 heterocycles. The number of nitrogens with one attached hydrogen (secondary N) is 1. The van der Waals surface area contributed by atoms with Crippen LogP contribution in [0.3, 0.4) is 0 Å². The second-order valence-electron chi connectivity index (χ2n) is 6.08. The summed E-state index contributed by atoms with van der Waals surface area (Å²) in [6, 6.07) is 10.1. The van der Waals surface area contributed by atoms with Gasteiger partial charge in [-0.05, 0) is 55.1 Å². The molecule has 2 aliphatic rings. The zero-order valence-corrected chi connectivity index (χ0v) is 15.9. The van der Waals surface area contributed by atoms with Gasteiger partial charge in [-0.15, -0.1) is 11.8 Å². The Hall–Kier alpha value is -1.89. The van der Waals surface area contributed by atoms with Crippen LogP contribution in [0.1, 0.15) is 18.6 Å². The summed E-state index contributed by atoms with van der Waals surface area (Å²) in [6.45, 7) is 1.40. The molecule has 1 aliphatic carbocycles. The minimum Gasteiger partial charge on any atom is -0.468 e. The van der Waals surface area contributed by atoms with Crippen LogP contribution in [0.2, 0.25) is 0 Å². The van der Waals surface area contributed by atoms with Crippen molar-refractivity contribution in [3.63, 3.8) is 0 Å². The molecule has 1 amide bonds. The SMILES string of the molecule is O=C(C1=CCCC=C1)N1CCSc2ccc(SNCc3ccco3)cc21. The zero-order chi connectivity index (χ0) is 17.8. The predicted molar refractivity (Wildman–Crippen MR) is 107 cm³/mol. The predicted octanol–water partition coefficient (Wildman–Crippen LogP) is 4.79. The summed E-state index contributed by atoms with van der Waals surface area (Å²) in [7, 11) is 0. The first-order valence-electron chi connectivity index (χ1n) is 8.69. The number of carbonyl (C=O) groups excluding carboxylic acids is 1. The normalized spacial score (nSPS) is 16.3. The van der Waals surface area contributed by atoms with Crippen molar-refractivity contribution in [1.82, 2.24) is 4.72 Å². The lowest BCUT2D eigenvalue weighted by Crippen LogP contribution is -2.36. The van der Waals surface area contributed by atoms with Gasteiger partial charge in [-0.1, -0.05) is 18.2 Å². The minimum absolute atomic E-state index is 0.105. The Morgan fingerprint density at radius 2 is 2.27 bits per heavy atom. The van der Waals surface area contributed by atoms with Gasteiger partial charge in [0.2, 0.25) is 0 Å². The van der Waals surface area contributed by atoms with E-state index in [0.29, 0.717) is 6.54 Å². The first kappa shape index (κ1) is 17.5. The third kappa shape index (κ3) is 3.92. The molecule has 1 aromatic heterocycles. The average molecular weight is 385 g/mol. The van der Waals surface area contributed by atoms with Gasteiger partial charge in [0.05, 0.1) is 18.5 Å². The highest BCUT2D eigenvalue weighted by Gasteiger charge is 2.25. The van der Waals surface area contributed by atoms with Gasteiger partial charge in [-0.2, -0.15) is 0 Å². The first-order valence-corrected chi connectivity index (χ1v) is 10.5. The van der Waals surface area contributed by atoms with Crippen molar-refractivity contribution >= 4 is 35.3 Å². The van der Waals surface area contributed by atoms with Crippen LogP contribution in [0.5, 0.6) is 0 Å². The summed E-state index contributed by atoms with van der Waals surface area (Å²) in [5.41, 5.74) is 1.82. The fraction of sp³-hybridized carbons (Fsp3) is 0.250. The second-order valence-corrected chi connectivity index (χ2v) is 8.18. The van der Waals surface area contributed by atoms with E-state index in [1.54, 1.807) is 18.2 Å². The van der Waals surface area contributed by atoms with Crippen molar-refractivity contribution in [2.24, 2.45) is 0 Å². The number of hydrogen-bond acceptors (Lipinski definition) is 5. The van der Waals surface area contributed by atoms with E-state index >= 15 is 0 Å². The van der Waals surface area contributed by atoms with Crippen LogP contribution in [-0.4, -0.2) is 18.2 Å². The van der Waals surface area contributed by atoms with Gasteiger partial charge in [0.25, 0.3) is 5.91 Å². The third-order valence-electron chi connectivity index (χ3n) is 4.30. The summed E-state index contributed by atoms with van der Waals surface area (Å²) >= 11 is 3.37. The smallest absolute Gasteiger partial charge is 0.257 e. The number of fused-ring (bicyclic) bond motifs is 1. The summed E-state index contributed by atoms with van der Waals surface area (Å²) < 4.78 is 8.64. The third-order valence-corrected chi connectivity index (χ3v) is 6.12. The van der Waals surface area contributed by atoms with Gasteiger partial charge in [0, 0.05) is 27.7 Å². The molecule has 134 valence electrons. The standard InChI is InChI=1S/C20H20N2O2S2/c23-20(15-5-2-1-3-6-15)22-10-12-25-19-9-8-17(13-18(19)22)26-21-14-16-7-4-11-24-16/h2,4-9,11,13,21H,1,3,10,12,14H2. The Kier molecular flexibility index (Phi) is 5.53. The molecule has 0 fully saturated rings. The van der Waals surface area contributed by atoms with Gasteiger partial charge in [0.15, 0.2) is 0 Å². The number of benzene rings is 1. The Morgan fingerprint density at radius 1 is 1.31 bits per heavy atom. The van der Waals surface area contributed by atoms with E-state index in [1.807, 2.05) is 40.9 Å². The molecule has 0 unspecified atom stereocenters. The Bertz CT molecular complexity index is 844. The van der Waals surface area contributed by atoms with Crippen LogP contribution in [0.15, 0.2) is 74.6 Å². The van der Waals surface area contributed by atoms with Crippen LogP contribution in [0.25, 0.3) is 0 Å². The van der Waals surface area contributed by atoms with Crippen LogP contribution in [-0.2, 0) is 11.3 Å². The molecule has 4 rings (SSSR count). The minimum atomic E-state index is 0.105. The van der Waals surface area contributed by atoms with Crippen molar-refractivity contribution in [3.05, 3.63) is 66.2 Å². The molecule has 6 heteroatoms. The van der Waals surface area contributed by atoms with Crippen molar-refractivity contribution in [1.29, 1.82) is 0 Å². The van der Waals surface area contributed by atoms with Crippen LogP contribution < -0.4 is 9.62 Å². The number of allylic oxidation sites excluding steroid dienone is 2. The molecular weight excluding hydrogens is 364 g/mol. The summed E-state index contributed by atoms with van der Waals surface area (Å²) in [5.74, 6) is 1.94. The molecule has 0 radical (unpaired) electrons. The molecule has 0 atom stereocenters. The molecule has 1 aromatic carbocycles. The lowest BCUT2D eigenvalue weighted by molar-refractivity contribution is -0.114. The monoisotopic (exact) mass is 384 g/mol. The number of thioether (sulfide) groups is 1. The van der Waals surface area contributed by atoms with E-state index in [4.69, 9.17) is 4.42 Å². The molecule has 1 N–H and O–H groups in total. The molecular formula is C20H20N2O2S2. The molecule has 0 saturated heterocycles. The van der Waals surface area contributed by atoms with E-state index in [9.17, 15) is 4.79 Å². The number of amides is 1. The van der Waals surface area contributed by atoms with Crippen molar-refractivity contribution in [2.45, 2.75) is 29.2 Å². The number of furan rings is 1. The quantitative estimate of drug-likeness (QED) is 0.751. The van der Waals surface area contributed by atoms with E-state index < -0.39 is 0 Å². The maximum absolute atomic E-state index is 13.0. The maximum Gasteiger partial charge on any atom is 0.257 e. The second kappa shape index (κ2) is 8.20. The maximum atomic E-state index is 13.0. The molecule has 26 heavy (non-hydrogen) atoms. The molecule has 1 aliphatic heterocycles. The highest BCUT2D eigenvalue weighted by Crippen LogP contribution is 2.38. The molecule has 0 bridgehead atoms. The largest absolute Gasteiger partial charge is 0.468 e. The molecule has 0 saturated carbocycles. The summed E-state index contributed by atoms with van der Waals surface area (Å²) in [4.78, 5) is 17.1. The van der Waals surface area contributed by atoms with Crippen molar-refractivity contribution in [2.75, 3.05) is 17.2 Å². The number of nitrogens with zero attached hydrogens (tertiary/aromatic N) is 1. The molecule has 0 spiro atoms. The molecule has 2 aromatic rings. The number of anilines is 1. The number of hydrogen-bond donors (Lipinski definition) is 1. The van der Waals surface area contributed by atoms with Gasteiger partial charge >= 0.3 is 0 Å². The highest BCUT2D eigenvalue weighted by molar-refractivity contribution is 7.99. The topological polar surface area (TPSA) is 45.5 Å². The van der Waals surface area contributed by atoms with E-state index in [-0.39, 0.29) is 5.91 Å². The lowest BCUT2D eigenvalue weighted by Gasteiger charge is -2.30. The van der Waals surface area contributed by atoms with Gasteiger partial charge in [-0.25, -0.2) is 0 Å². The highest BCUT2D eigenvalue weighted by atomic mass is 32.2. The van der Waals surface area contributed by atoms with E-state index in [1.165, 1.54) is 4.90 Å². The van der Waals surface area contributed by atoms with Gasteiger partial charge in [-0.3, -0.25) is 9.52 Å². The Balaban J connectivity index is 1.49. The fourth-order valence-corrected chi connectivity index (χ4v) is 4.67. The zero-order valence-electron chi connectivity index (χ0n) is 14.3. The fourth-order valence-electron chi connectivity index (χ4n) is 3.00. The molecule has 4 nitrogen and oxygen atoms in total. The Morgan fingerprint density at radius 3 is 3.08 bits per heavy atom. The van der Waals surface area contributed by atoms with Crippen LogP contribution in [0.4, 0.5) is 5.69 Å². The van der Waals surface area contributed by atoms with Gasteiger partial charge in [0.1, 0.15) is 5.76 Å². The summed E-state index contributed by atoms with van der Waals surface area (Å²) in [5, 5.41) is 0. The van der Waals surface area contributed by atoms with E-state index in [0.717, 1.165) is 47.1 Å². The average Bonchev–Trinajstić information content (AvgIpc) is 3.21. The Labute approximate surface area is 161 Å². The van der Waals surface area contributed by atoms with Crippen LogP contribution in [0, 0.1) is 0 Å². The van der Waals surface area contributed by atoms with Crippen LogP contribution >= 0.6 is 23.7 Å². The summed E-state index contributed by atoms with van der Waals surface area (Å²) in [6.07, 6.45) is 9.72. The lowest BCUT2D eigenvalue weighted by atomic mass is 10.1. The van der Waals surface area contributed by atoms with E-state index in [2.05, 4.69) is 29.0 Å². The van der Waals surface area contributed by atoms with Crippen molar-refractivity contribution in [3.8, 4) is 0 Å². The first-order chi connectivity index (χ1) is 12.8. The number of rotatable bonds is 5. The van der Waals surface area contributed by atoms with Crippen molar-refractivity contribution < 1.29 is 9.21 Å².